The van der Waals surface area contributed by atoms with Crippen LogP contribution in [0.5, 0.6) is 0 Å². The van der Waals surface area contributed by atoms with Gasteiger partial charge in [0.15, 0.2) is 6.29 Å². The minimum atomic E-state index is -1.25. The van der Waals surface area contributed by atoms with Crippen molar-refractivity contribution in [3.63, 3.8) is 0 Å². The number of hydrogen-bond donors (Lipinski definition) is 3. The van der Waals surface area contributed by atoms with E-state index < -0.39 is 24.6 Å². The van der Waals surface area contributed by atoms with Gasteiger partial charge in [-0.2, -0.15) is 0 Å². The number of rotatable bonds is 2. The Balaban J connectivity index is 2.57. The minimum Gasteiger partial charge on any atom is -0.394 e. The lowest BCUT2D eigenvalue weighted by atomic mass is 10.1. The summed E-state index contributed by atoms with van der Waals surface area (Å²) in [5.41, 5.74) is 0. The van der Waals surface area contributed by atoms with Gasteiger partial charge in [0.1, 0.15) is 18.3 Å². The van der Waals surface area contributed by atoms with E-state index in [0.717, 1.165) is 0 Å². The molecule has 5 heteroatoms. The lowest BCUT2D eigenvalue weighted by molar-refractivity contribution is -0.132. The van der Waals surface area contributed by atoms with E-state index >= 15 is 0 Å². The summed E-state index contributed by atoms with van der Waals surface area (Å²) in [6.07, 6.45) is -3.60. The summed E-state index contributed by atoms with van der Waals surface area (Å²) in [6, 6.07) is 0. The third kappa shape index (κ3) is 1.52. The molecule has 1 rings (SSSR count). The van der Waals surface area contributed by atoms with Crippen LogP contribution in [0.25, 0.3) is 0 Å². The van der Waals surface area contributed by atoms with Gasteiger partial charge in [-0.3, -0.25) is 0 Å². The summed E-state index contributed by atoms with van der Waals surface area (Å²) in [7, 11) is 1.39. The van der Waals surface area contributed by atoms with Crippen molar-refractivity contribution >= 4 is 0 Å². The SMILES string of the molecule is CO[C@H]1[C@H](O)[C@@H](O)O[C@@H]1CO. The summed E-state index contributed by atoms with van der Waals surface area (Å²) < 4.78 is 9.56. The van der Waals surface area contributed by atoms with Gasteiger partial charge in [0.05, 0.1) is 6.61 Å². The molecule has 5 nitrogen and oxygen atoms in total. The standard InChI is InChI=1S/C6H12O5/c1-10-5-3(2-7)11-6(9)4(5)8/h3-9H,2H2,1H3/t3-,4+,5-,6+/m1/s1. The third-order valence-corrected chi connectivity index (χ3v) is 1.76. The largest absolute Gasteiger partial charge is 0.394 e. The van der Waals surface area contributed by atoms with Crippen LogP contribution in [0.2, 0.25) is 0 Å². The fourth-order valence-corrected chi connectivity index (χ4v) is 1.16. The maximum absolute atomic E-state index is 9.15. The van der Waals surface area contributed by atoms with E-state index in [2.05, 4.69) is 0 Å². The van der Waals surface area contributed by atoms with Crippen LogP contribution >= 0.6 is 0 Å². The van der Waals surface area contributed by atoms with Crippen LogP contribution in [0.15, 0.2) is 0 Å². The van der Waals surface area contributed by atoms with Gasteiger partial charge >= 0.3 is 0 Å². The van der Waals surface area contributed by atoms with Gasteiger partial charge in [0, 0.05) is 7.11 Å². The Kier molecular flexibility index (Phi) is 2.80. The molecule has 1 heterocycles. The Morgan fingerprint density at radius 3 is 2.45 bits per heavy atom. The highest BCUT2D eigenvalue weighted by molar-refractivity contribution is 4.86. The minimum absolute atomic E-state index is 0.271. The summed E-state index contributed by atoms with van der Waals surface area (Å²) in [5.74, 6) is 0. The number of aliphatic hydroxyl groups is 3. The van der Waals surface area contributed by atoms with Gasteiger partial charge in [0.25, 0.3) is 0 Å². The Bertz CT molecular complexity index is 128. The van der Waals surface area contributed by atoms with Gasteiger partial charge in [-0.05, 0) is 0 Å². The quantitative estimate of drug-likeness (QED) is 0.443. The molecular formula is C6H12O5. The monoisotopic (exact) mass is 164 g/mol. The molecule has 1 aliphatic heterocycles. The van der Waals surface area contributed by atoms with Crippen LogP contribution in [0.1, 0.15) is 0 Å². The molecule has 3 N–H and O–H groups in total. The van der Waals surface area contributed by atoms with Crippen molar-refractivity contribution in [2.45, 2.75) is 24.6 Å². The number of hydrogen-bond acceptors (Lipinski definition) is 5. The molecule has 0 aromatic rings. The Morgan fingerprint density at radius 2 is 2.09 bits per heavy atom. The van der Waals surface area contributed by atoms with Crippen molar-refractivity contribution in [1.82, 2.24) is 0 Å². The first-order valence-electron chi connectivity index (χ1n) is 3.36. The highest BCUT2D eigenvalue weighted by Crippen LogP contribution is 2.21. The van der Waals surface area contributed by atoms with E-state index in [1.54, 1.807) is 0 Å². The first-order chi connectivity index (χ1) is 5.20. The van der Waals surface area contributed by atoms with E-state index in [4.69, 9.17) is 24.8 Å². The lowest BCUT2D eigenvalue weighted by Gasteiger charge is -2.15. The zero-order valence-electron chi connectivity index (χ0n) is 6.17. The predicted molar refractivity (Wildman–Crippen MR) is 34.8 cm³/mol. The average molecular weight is 164 g/mol. The van der Waals surface area contributed by atoms with E-state index in [0.29, 0.717) is 0 Å². The first kappa shape index (κ1) is 8.89. The highest BCUT2D eigenvalue weighted by atomic mass is 16.7. The highest BCUT2D eigenvalue weighted by Gasteiger charge is 2.42. The van der Waals surface area contributed by atoms with Crippen molar-refractivity contribution in [2.24, 2.45) is 0 Å². The second-order valence-corrected chi connectivity index (χ2v) is 2.44. The lowest BCUT2D eigenvalue weighted by Crippen LogP contribution is -2.35. The maximum Gasteiger partial charge on any atom is 0.184 e. The van der Waals surface area contributed by atoms with Gasteiger partial charge in [0.2, 0.25) is 0 Å². The predicted octanol–water partition coefficient (Wildman–Crippen LogP) is -1.93. The summed E-state index contributed by atoms with van der Waals surface area (Å²) in [4.78, 5) is 0. The zero-order valence-corrected chi connectivity index (χ0v) is 6.17. The summed E-state index contributed by atoms with van der Waals surface area (Å²) in [6.45, 7) is -0.271. The number of ether oxygens (including phenoxy) is 2. The van der Waals surface area contributed by atoms with Gasteiger partial charge < -0.3 is 24.8 Å². The molecular weight excluding hydrogens is 152 g/mol. The third-order valence-electron chi connectivity index (χ3n) is 1.76. The van der Waals surface area contributed by atoms with Crippen molar-refractivity contribution in [2.75, 3.05) is 13.7 Å². The Morgan fingerprint density at radius 1 is 1.45 bits per heavy atom. The zero-order chi connectivity index (χ0) is 8.43. The van der Waals surface area contributed by atoms with Crippen LogP contribution in [-0.4, -0.2) is 53.6 Å². The second-order valence-electron chi connectivity index (χ2n) is 2.44. The van der Waals surface area contributed by atoms with Crippen LogP contribution in [0.4, 0.5) is 0 Å². The van der Waals surface area contributed by atoms with E-state index in [9.17, 15) is 0 Å². The molecule has 1 fully saturated rings. The summed E-state index contributed by atoms with van der Waals surface area (Å²) >= 11 is 0. The van der Waals surface area contributed by atoms with Crippen LogP contribution in [-0.2, 0) is 9.47 Å². The van der Waals surface area contributed by atoms with Crippen molar-refractivity contribution in [3.8, 4) is 0 Å². The van der Waals surface area contributed by atoms with E-state index in [1.165, 1.54) is 7.11 Å². The molecule has 0 aromatic carbocycles. The molecule has 0 aliphatic carbocycles. The fourth-order valence-electron chi connectivity index (χ4n) is 1.16. The molecule has 0 amide bonds. The normalized spacial score (nSPS) is 44.7. The molecule has 0 radical (unpaired) electrons. The number of aliphatic hydroxyl groups excluding tert-OH is 3. The molecule has 0 saturated carbocycles. The Hall–Kier alpha value is -0.200. The molecule has 1 saturated heterocycles. The molecule has 4 atom stereocenters. The average Bonchev–Trinajstić information content (AvgIpc) is 2.28. The molecule has 1 aliphatic rings. The molecule has 0 unspecified atom stereocenters. The maximum atomic E-state index is 9.15. The summed E-state index contributed by atoms with van der Waals surface area (Å²) in [5, 5.41) is 26.8. The van der Waals surface area contributed by atoms with Gasteiger partial charge in [-0.25, -0.2) is 0 Å². The van der Waals surface area contributed by atoms with Crippen LogP contribution in [0.3, 0.4) is 0 Å². The second kappa shape index (κ2) is 3.46. The van der Waals surface area contributed by atoms with E-state index in [1.807, 2.05) is 0 Å². The molecule has 0 spiro atoms. The topological polar surface area (TPSA) is 79.2 Å². The van der Waals surface area contributed by atoms with Crippen LogP contribution < -0.4 is 0 Å². The van der Waals surface area contributed by atoms with Gasteiger partial charge in [-0.1, -0.05) is 0 Å². The van der Waals surface area contributed by atoms with Crippen LogP contribution in [0, 0.1) is 0 Å². The molecule has 0 aromatic heterocycles. The van der Waals surface area contributed by atoms with E-state index in [-0.39, 0.29) is 6.61 Å². The first-order valence-corrected chi connectivity index (χ1v) is 3.36. The van der Waals surface area contributed by atoms with Gasteiger partial charge in [-0.15, -0.1) is 0 Å². The smallest absolute Gasteiger partial charge is 0.184 e. The Labute approximate surface area is 64.2 Å². The molecule has 11 heavy (non-hydrogen) atoms. The number of methoxy groups -OCH3 is 1. The van der Waals surface area contributed by atoms with Crippen molar-refractivity contribution in [3.05, 3.63) is 0 Å². The molecule has 0 bridgehead atoms. The molecule has 66 valence electrons. The fraction of sp³-hybridized carbons (Fsp3) is 1.00. The van der Waals surface area contributed by atoms with Crippen molar-refractivity contribution < 1.29 is 24.8 Å². The van der Waals surface area contributed by atoms with Crippen molar-refractivity contribution in [1.29, 1.82) is 0 Å².